The second kappa shape index (κ2) is 10.8. The van der Waals surface area contributed by atoms with Crippen LogP contribution in [0.1, 0.15) is 40.7 Å². The Balaban J connectivity index is 0.00000289. The lowest BCUT2D eigenvalue weighted by Crippen LogP contribution is -2.55. The highest BCUT2D eigenvalue weighted by Crippen LogP contribution is 2.32. The van der Waals surface area contributed by atoms with E-state index < -0.39 is 5.82 Å². The van der Waals surface area contributed by atoms with E-state index in [4.69, 9.17) is 0 Å². The standard InChI is InChI=1S/C28H30FN3O2.ClH/c1-18-9-10-21(29)15-24(18)27(33)31-26-13-14-30-16-25(26)28(34)32(22-11-12-22)17-20-7-4-6-19-5-2-3-8-23(19)20;/h2-10,15,22,25-26,30H,11-14,16-17H2,1H3,(H,31,33);1H. The molecule has 2 aliphatic rings. The summed E-state index contributed by atoms with van der Waals surface area (Å²) in [7, 11) is 0. The van der Waals surface area contributed by atoms with Crippen molar-refractivity contribution >= 4 is 35.0 Å². The number of carbonyl (C=O) groups is 2. The molecule has 1 saturated heterocycles. The fraction of sp³-hybridized carbons (Fsp3) is 0.357. The molecule has 5 rings (SSSR count). The van der Waals surface area contributed by atoms with Crippen LogP contribution in [-0.4, -0.2) is 41.9 Å². The average molecular weight is 496 g/mol. The third-order valence-electron chi connectivity index (χ3n) is 7.05. The first-order valence-electron chi connectivity index (χ1n) is 12.1. The van der Waals surface area contributed by atoms with Crippen molar-refractivity contribution < 1.29 is 14.0 Å². The molecular weight excluding hydrogens is 465 g/mol. The number of aryl methyl sites for hydroxylation is 1. The zero-order valence-corrected chi connectivity index (χ0v) is 20.6. The van der Waals surface area contributed by atoms with Crippen LogP contribution < -0.4 is 10.6 Å². The summed E-state index contributed by atoms with van der Waals surface area (Å²) in [6.45, 7) is 3.59. The smallest absolute Gasteiger partial charge is 0.251 e. The molecule has 5 nitrogen and oxygen atoms in total. The minimum absolute atomic E-state index is 0. The van der Waals surface area contributed by atoms with E-state index in [2.05, 4.69) is 34.9 Å². The Kier molecular flexibility index (Phi) is 7.72. The maximum atomic E-state index is 13.8. The van der Waals surface area contributed by atoms with Crippen molar-refractivity contribution in [2.75, 3.05) is 13.1 Å². The Morgan fingerprint density at radius 1 is 1.06 bits per heavy atom. The van der Waals surface area contributed by atoms with Gasteiger partial charge in [-0.1, -0.05) is 48.5 Å². The fourth-order valence-electron chi connectivity index (χ4n) is 4.98. The molecule has 2 atom stereocenters. The molecule has 1 heterocycles. The van der Waals surface area contributed by atoms with Crippen LogP contribution in [0.3, 0.4) is 0 Å². The molecule has 3 aromatic carbocycles. The third kappa shape index (κ3) is 5.49. The van der Waals surface area contributed by atoms with Crippen LogP contribution >= 0.6 is 12.4 Å². The van der Waals surface area contributed by atoms with Gasteiger partial charge in [0, 0.05) is 30.7 Å². The number of piperidine rings is 1. The number of rotatable bonds is 6. The quantitative estimate of drug-likeness (QED) is 0.525. The summed E-state index contributed by atoms with van der Waals surface area (Å²) in [4.78, 5) is 28.8. The summed E-state index contributed by atoms with van der Waals surface area (Å²) in [6.07, 6.45) is 2.68. The van der Waals surface area contributed by atoms with Crippen molar-refractivity contribution in [3.05, 3.63) is 83.2 Å². The summed E-state index contributed by atoms with van der Waals surface area (Å²) >= 11 is 0. The van der Waals surface area contributed by atoms with Gasteiger partial charge in [-0.05, 0) is 66.8 Å². The van der Waals surface area contributed by atoms with Gasteiger partial charge in [-0.2, -0.15) is 0 Å². The predicted molar refractivity (Wildman–Crippen MR) is 138 cm³/mol. The lowest BCUT2D eigenvalue weighted by molar-refractivity contribution is -0.138. The number of hydrogen-bond donors (Lipinski definition) is 2. The van der Waals surface area contributed by atoms with E-state index in [9.17, 15) is 14.0 Å². The molecular formula is C28H31ClFN3O2. The summed E-state index contributed by atoms with van der Waals surface area (Å²) in [6, 6.07) is 18.6. The zero-order chi connectivity index (χ0) is 23.7. The number of amides is 2. The number of fused-ring (bicyclic) bond motifs is 1. The minimum Gasteiger partial charge on any atom is -0.348 e. The molecule has 7 heteroatoms. The maximum Gasteiger partial charge on any atom is 0.251 e. The van der Waals surface area contributed by atoms with Crippen molar-refractivity contribution in [1.82, 2.24) is 15.5 Å². The minimum atomic E-state index is -0.441. The number of benzene rings is 3. The number of carbonyl (C=O) groups excluding carboxylic acids is 2. The molecule has 2 amide bonds. The Labute approximate surface area is 211 Å². The van der Waals surface area contributed by atoms with Gasteiger partial charge in [-0.15, -0.1) is 12.4 Å². The number of hydrogen-bond acceptors (Lipinski definition) is 3. The van der Waals surface area contributed by atoms with E-state index in [0.29, 0.717) is 30.6 Å². The molecule has 1 saturated carbocycles. The highest BCUT2D eigenvalue weighted by Gasteiger charge is 2.40. The van der Waals surface area contributed by atoms with Crippen LogP contribution in [0, 0.1) is 18.7 Å². The Bertz CT molecular complexity index is 1220. The van der Waals surface area contributed by atoms with Gasteiger partial charge in [0.25, 0.3) is 5.91 Å². The van der Waals surface area contributed by atoms with Crippen LogP contribution in [0.4, 0.5) is 4.39 Å². The van der Waals surface area contributed by atoms with Gasteiger partial charge in [0.1, 0.15) is 5.82 Å². The van der Waals surface area contributed by atoms with Crippen LogP contribution in [0.5, 0.6) is 0 Å². The largest absolute Gasteiger partial charge is 0.348 e. The molecule has 0 aromatic heterocycles. The van der Waals surface area contributed by atoms with Crippen LogP contribution in [0.15, 0.2) is 60.7 Å². The van der Waals surface area contributed by atoms with Crippen LogP contribution in [-0.2, 0) is 11.3 Å². The second-order valence-corrected chi connectivity index (χ2v) is 9.47. The fourth-order valence-corrected chi connectivity index (χ4v) is 4.98. The number of halogens is 2. The SMILES string of the molecule is Cc1ccc(F)cc1C(=O)NC1CCNCC1C(=O)N(Cc1cccc2ccccc12)C1CC1.Cl. The van der Waals surface area contributed by atoms with E-state index >= 15 is 0 Å². The molecule has 0 bridgehead atoms. The molecule has 0 spiro atoms. The molecule has 3 aromatic rings. The lowest BCUT2D eigenvalue weighted by Gasteiger charge is -2.36. The van der Waals surface area contributed by atoms with Gasteiger partial charge in [0.15, 0.2) is 0 Å². The van der Waals surface area contributed by atoms with Gasteiger partial charge in [0.05, 0.1) is 5.92 Å². The Hall–Kier alpha value is -2.96. The predicted octanol–water partition coefficient (Wildman–Crippen LogP) is 4.61. The molecule has 35 heavy (non-hydrogen) atoms. The first-order valence-corrected chi connectivity index (χ1v) is 12.1. The monoisotopic (exact) mass is 495 g/mol. The van der Waals surface area contributed by atoms with Crippen molar-refractivity contribution in [3.8, 4) is 0 Å². The van der Waals surface area contributed by atoms with Crippen molar-refractivity contribution in [3.63, 3.8) is 0 Å². The Morgan fingerprint density at radius 2 is 1.83 bits per heavy atom. The van der Waals surface area contributed by atoms with E-state index in [1.165, 1.54) is 12.1 Å². The molecule has 2 unspecified atom stereocenters. The highest BCUT2D eigenvalue weighted by molar-refractivity contribution is 5.96. The van der Waals surface area contributed by atoms with Crippen molar-refractivity contribution in [2.24, 2.45) is 5.92 Å². The van der Waals surface area contributed by atoms with Gasteiger partial charge in [0.2, 0.25) is 5.91 Å². The molecule has 0 radical (unpaired) electrons. The van der Waals surface area contributed by atoms with E-state index in [1.807, 2.05) is 23.1 Å². The maximum absolute atomic E-state index is 13.8. The van der Waals surface area contributed by atoms with Gasteiger partial charge in [-0.25, -0.2) is 4.39 Å². The molecule has 1 aliphatic heterocycles. The van der Waals surface area contributed by atoms with E-state index in [1.54, 1.807) is 13.0 Å². The van der Waals surface area contributed by atoms with Crippen molar-refractivity contribution in [2.45, 2.75) is 44.8 Å². The number of nitrogens with one attached hydrogen (secondary N) is 2. The van der Waals surface area contributed by atoms with Crippen LogP contribution in [0.25, 0.3) is 10.8 Å². The lowest BCUT2D eigenvalue weighted by atomic mass is 9.91. The molecule has 184 valence electrons. The summed E-state index contributed by atoms with van der Waals surface area (Å²) < 4.78 is 13.8. The third-order valence-corrected chi connectivity index (χ3v) is 7.05. The van der Waals surface area contributed by atoms with Gasteiger partial charge >= 0.3 is 0 Å². The first kappa shape index (κ1) is 25.1. The van der Waals surface area contributed by atoms with E-state index in [-0.39, 0.29) is 42.2 Å². The number of nitrogens with zero attached hydrogens (tertiary/aromatic N) is 1. The zero-order valence-electron chi connectivity index (χ0n) is 19.8. The molecule has 2 N–H and O–H groups in total. The first-order chi connectivity index (χ1) is 16.5. The summed E-state index contributed by atoms with van der Waals surface area (Å²) in [5.41, 5.74) is 2.17. The van der Waals surface area contributed by atoms with Gasteiger partial charge < -0.3 is 15.5 Å². The van der Waals surface area contributed by atoms with E-state index in [0.717, 1.165) is 35.7 Å². The molecule has 2 fully saturated rings. The van der Waals surface area contributed by atoms with Crippen molar-refractivity contribution in [1.29, 1.82) is 0 Å². The summed E-state index contributed by atoms with van der Waals surface area (Å²) in [5.74, 6) is -1.05. The summed E-state index contributed by atoms with van der Waals surface area (Å²) in [5, 5.41) is 8.71. The normalized spacial score (nSPS) is 19.6. The van der Waals surface area contributed by atoms with Gasteiger partial charge in [-0.3, -0.25) is 9.59 Å². The molecule has 1 aliphatic carbocycles. The highest BCUT2D eigenvalue weighted by atomic mass is 35.5. The van der Waals surface area contributed by atoms with Crippen LogP contribution in [0.2, 0.25) is 0 Å². The average Bonchev–Trinajstić information content (AvgIpc) is 3.69. The topological polar surface area (TPSA) is 61.4 Å². The second-order valence-electron chi connectivity index (χ2n) is 9.47. The Morgan fingerprint density at radius 3 is 2.63 bits per heavy atom.